The third kappa shape index (κ3) is 26.7. The normalized spacial score (nSPS) is 14.0. The maximum Gasteiger partial charge on any atom is 0.472 e. The molecule has 0 aromatic heterocycles. The Kier molecular flexibility index (Phi) is 26.6. The number of unbranched alkanes of at least 4 members (excludes halogenated alkanes) is 11. The van der Waals surface area contributed by atoms with Crippen molar-refractivity contribution in [3.8, 4) is 0 Å². The Morgan fingerprint density at radius 2 is 1.32 bits per heavy atom. The van der Waals surface area contributed by atoms with Crippen molar-refractivity contribution in [2.45, 2.75) is 129 Å². The fourth-order valence-corrected chi connectivity index (χ4v) is 4.52. The maximum atomic E-state index is 12.3. The van der Waals surface area contributed by atoms with Gasteiger partial charge in [-0.3, -0.25) is 18.6 Å². The molecule has 234 valence electrons. The summed E-state index contributed by atoms with van der Waals surface area (Å²) in [7, 11) is -4.35. The van der Waals surface area contributed by atoms with E-state index in [1.807, 2.05) is 6.92 Å². The van der Waals surface area contributed by atoms with Gasteiger partial charge in [-0.05, 0) is 44.9 Å². The Morgan fingerprint density at radius 1 is 0.750 bits per heavy atom. The van der Waals surface area contributed by atoms with Gasteiger partial charge in [0.2, 0.25) is 0 Å². The quantitative estimate of drug-likeness (QED) is 0.0416. The second-order valence-electron chi connectivity index (χ2n) is 9.97. The zero-order valence-electron chi connectivity index (χ0n) is 25.1. The minimum atomic E-state index is -4.35. The highest BCUT2D eigenvalue weighted by Crippen LogP contribution is 2.43. The number of esters is 2. The first-order valence-electron chi connectivity index (χ1n) is 15.3. The summed E-state index contributed by atoms with van der Waals surface area (Å²) in [5.41, 5.74) is 5.27. The molecule has 0 spiro atoms. The molecule has 2 unspecified atom stereocenters. The Bertz CT molecular complexity index is 728. The highest BCUT2D eigenvalue weighted by Gasteiger charge is 2.25. The fraction of sp³-hybridized carbons (Fsp3) is 0.800. The number of hydrogen-bond acceptors (Lipinski definition) is 8. The van der Waals surface area contributed by atoms with Crippen molar-refractivity contribution in [3.05, 3.63) is 24.3 Å². The van der Waals surface area contributed by atoms with Crippen LogP contribution in [-0.4, -0.2) is 49.3 Å². The molecular weight excluding hydrogens is 533 g/mol. The second kappa shape index (κ2) is 27.6. The van der Waals surface area contributed by atoms with Gasteiger partial charge in [-0.2, -0.15) is 0 Å². The number of allylic oxidation sites excluding steroid dienone is 4. The minimum Gasteiger partial charge on any atom is -0.462 e. The van der Waals surface area contributed by atoms with E-state index >= 15 is 0 Å². The van der Waals surface area contributed by atoms with E-state index in [9.17, 15) is 19.0 Å². The minimum absolute atomic E-state index is 0.0517. The highest BCUT2D eigenvalue weighted by molar-refractivity contribution is 7.47. The summed E-state index contributed by atoms with van der Waals surface area (Å²) in [6.45, 7) is 3.39. The van der Waals surface area contributed by atoms with Crippen LogP contribution in [-0.2, 0) is 32.7 Å². The van der Waals surface area contributed by atoms with Gasteiger partial charge in [0.25, 0.3) is 0 Å². The molecule has 0 radical (unpaired) electrons. The largest absolute Gasteiger partial charge is 0.472 e. The van der Waals surface area contributed by atoms with Crippen LogP contribution in [0.3, 0.4) is 0 Å². The number of rotatable bonds is 28. The predicted octanol–water partition coefficient (Wildman–Crippen LogP) is 7.32. The van der Waals surface area contributed by atoms with Crippen LogP contribution in [0, 0.1) is 0 Å². The van der Waals surface area contributed by atoms with E-state index < -0.39 is 32.5 Å². The Hall–Kier alpha value is -1.51. The lowest BCUT2D eigenvalue weighted by Crippen LogP contribution is -2.29. The van der Waals surface area contributed by atoms with Crippen LogP contribution in [0.4, 0.5) is 0 Å². The summed E-state index contributed by atoms with van der Waals surface area (Å²) in [6, 6.07) is 0. The first-order valence-corrected chi connectivity index (χ1v) is 16.8. The van der Waals surface area contributed by atoms with Crippen molar-refractivity contribution in [2.24, 2.45) is 5.73 Å². The van der Waals surface area contributed by atoms with E-state index in [0.717, 1.165) is 38.5 Å². The van der Waals surface area contributed by atoms with E-state index in [-0.39, 0.29) is 32.6 Å². The summed E-state index contributed by atoms with van der Waals surface area (Å²) < 4.78 is 32.0. The summed E-state index contributed by atoms with van der Waals surface area (Å²) in [5.74, 6) is -0.882. The van der Waals surface area contributed by atoms with Crippen LogP contribution in [0.2, 0.25) is 0 Å². The smallest absolute Gasteiger partial charge is 0.462 e. The van der Waals surface area contributed by atoms with Gasteiger partial charge in [-0.25, -0.2) is 4.57 Å². The van der Waals surface area contributed by atoms with Crippen LogP contribution in [0.1, 0.15) is 123 Å². The van der Waals surface area contributed by atoms with Gasteiger partial charge in [0.15, 0.2) is 6.10 Å². The van der Waals surface area contributed by atoms with Crippen molar-refractivity contribution < 1.29 is 37.6 Å². The van der Waals surface area contributed by atoms with Crippen LogP contribution >= 0.6 is 7.82 Å². The van der Waals surface area contributed by atoms with E-state index in [0.29, 0.717) is 12.8 Å². The number of phosphoric acid groups is 1. The molecule has 0 aliphatic rings. The highest BCUT2D eigenvalue weighted by atomic mass is 31.2. The van der Waals surface area contributed by atoms with Gasteiger partial charge < -0.3 is 20.1 Å². The molecule has 0 saturated heterocycles. The summed E-state index contributed by atoms with van der Waals surface area (Å²) >= 11 is 0. The molecule has 0 bridgehead atoms. The van der Waals surface area contributed by atoms with Crippen LogP contribution < -0.4 is 5.73 Å². The van der Waals surface area contributed by atoms with E-state index in [2.05, 4.69) is 35.8 Å². The number of nitrogens with two attached hydrogens (primary N) is 1. The molecule has 0 aliphatic heterocycles. The molecule has 2 atom stereocenters. The summed E-state index contributed by atoms with van der Waals surface area (Å²) in [6.07, 6.45) is 24.7. The van der Waals surface area contributed by atoms with Crippen LogP contribution in [0.25, 0.3) is 0 Å². The number of phosphoric ester groups is 1. The lowest BCUT2D eigenvalue weighted by molar-refractivity contribution is -0.161. The monoisotopic (exact) mass is 589 g/mol. The average Bonchev–Trinajstić information content (AvgIpc) is 2.93. The van der Waals surface area contributed by atoms with Crippen LogP contribution in [0.15, 0.2) is 24.3 Å². The Morgan fingerprint density at radius 3 is 1.95 bits per heavy atom. The molecule has 0 fully saturated rings. The Balaban J connectivity index is 4.07. The fourth-order valence-electron chi connectivity index (χ4n) is 3.76. The second-order valence-corrected chi connectivity index (χ2v) is 11.4. The zero-order chi connectivity index (χ0) is 29.7. The third-order valence-electron chi connectivity index (χ3n) is 6.09. The number of carbonyl (C=O) groups is 2. The van der Waals surface area contributed by atoms with Crippen molar-refractivity contribution in [2.75, 3.05) is 26.4 Å². The molecule has 0 amide bonds. The van der Waals surface area contributed by atoms with Gasteiger partial charge in [-0.1, -0.05) is 89.5 Å². The molecule has 40 heavy (non-hydrogen) atoms. The van der Waals surface area contributed by atoms with Crippen molar-refractivity contribution in [1.82, 2.24) is 0 Å². The standard InChI is InChI=1S/C30H56NO8P/c1-3-5-7-8-9-10-11-12-13-14-15-16-17-18-19-20-21-23-30(33)39-28(26-36-29(32)22-6-4-2)27-38-40(34,35)37-25-24-31/h9-10,12-13,28H,3-8,11,14-27,31H2,1-2H3,(H,34,35)/b10-9-,13-12-. The van der Waals surface area contributed by atoms with E-state index in [1.54, 1.807) is 0 Å². The SMILES string of the molecule is CCCCC/C=C\C/C=C\CCCCCCCCCC(=O)OC(COC(=O)CCCC)COP(=O)(O)OCCN. The average molecular weight is 590 g/mol. The summed E-state index contributed by atoms with van der Waals surface area (Å²) in [4.78, 5) is 33.8. The maximum absolute atomic E-state index is 12.3. The lowest BCUT2D eigenvalue weighted by atomic mass is 10.1. The molecular formula is C30H56NO8P. The van der Waals surface area contributed by atoms with Gasteiger partial charge in [0, 0.05) is 19.4 Å². The lowest BCUT2D eigenvalue weighted by Gasteiger charge is -2.19. The van der Waals surface area contributed by atoms with E-state index in [1.165, 1.54) is 44.9 Å². The molecule has 10 heteroatoms. The first-order chi connectivity index (χ1) is 19.3. The van der Waals surface area contributed by atoms with Crippen LogP contribution in [0.5, 0.6) is 0 Å². The van der Waals surface area contributed by atoms with E-state index in [4.69, 9.17) is 19.7 Å². The molecule has 0 aromatic rings. The number of carbonyl (C=O) groups excluding carboxylic acids is 2. The number of ether oxygens (including phenoxy) is 2. The Labute approximate surface area is 242 Å². The number of hydrogen-bond donors (Lipinski definition) is 2. The predicted molar refractivity (Wildman–Crippen MR) is 160 cm³/mol. The van der Waals surface area contributed by atoms with Crippen molar-refractivity contribution in [3.63, 3.8) is 0 Å². The van der Waals surface area contributed by atoms with Gasteiger partial charge in [-0.15, -0.1) is 0 Å². The van der Waals surface area contributed by atoms with Crippen molar-refractivity contribution in [1.29, 1.82) is 0 Å². The molecule has 0 rings (SSSR count). The molecule has 0 aliphatic carbocycles. The third-order valence-corrected chi connectivity index (χ3v) is 7.07. The molecule has 3 N–H and O–H groups in total. The van der Waals surface area contributed by atoms with Crippen molar-refractivity contribution >= 4 is 19.8 Å². The summed E-state index contributed by atoms with van der Waals surface area (Å²) in [5, 5.41) is 0. The van der Waals surface area contributed by atoms with Gasteiger partial charge in [0.05, 0.1) is 13.2 Å². The topological polar surface area (TPSA) is 134 Å². The van der Waals surface area contributed by atoms with Gasteiger partial charge in [0.1, 0.15) is 6.61 Å². The zero-order valence-corrected chi connectivity index (χ0v) is 26.0. The molecule has 0 saturated carbocycles. The first kappa shape index (κ1) is 38.5. The van der Waals surface area contributed by atoms with Gasteiger partial charge >= 0.3 is 19.8 Å². The molecule has 0 heterocycles. The molecule has 9 nitrogen and oxygen atoms in total. The molecule has 0 aromatic carbocycles.